The van der Waals surface area contributed by atoms with Crippen LogP contribution in [0.15, 0.2) is 30.6 Å². The maximum absolute atomic E-state index is 13.3. The molecule has 1 aromatic carbocycles. The molecule has 0 saturated carbocycles. The molecule has 1 aliphatic heterocycles. The molecule has 4 rings (SSSR count). The van der Waals surface area contributed by atoms with Crippen LogP contribution in [0, 0.1) is 5.82 Å². The Hall–Kier alpha value is -2.54. The van der Waals surface area contributed by atoms with Crippen molar-refractivity contribution in [1.29, 1.82) is 0 Å². The molecule has 0 aliphatic carbocycles. The van der Waals surface area contributed by atoms with Gasteiger partial charge in [-0.3, -0.25) is 0 Å². The van der Waals surface area contributed by atoms with Crippen LogP contribution in [0.25, 0.3) is 22.3 Å². The fourth-order valence-corrected chi connectivity index (χ4v) is 3.26. The molecule has 0 unspecified atom stereocenters. The molecule has 3 aromatic rings. The van der Waals surface area contributed by atoms with Crippen LogP contribution < -0.4 is 10.2 Å². The number of aromatic nitrogens is 4. The zero-order valence-corrected chi connectivity index (χ0v) is 13.7. The Morgan fingerprint density at radius 2 is 2.00 bits per heavy atom. The summed E-state index contributed by atoms with van der Waals surface area (Å²) in [5, 5.41) is 8.93. The van der Waals surface area contributed by atoms with Crippen LogP contribution in [0.2, 0.25) is 0 Å². The quantitative estimate of drug-likeness (QED) is 0.780. The molecule has 1 atom stereocenters. The number of benzene rings is 1. The number of halogens is 1. The molecule has 1 aliphatic rings. The molecular formula is C17H19FN6. The first-order valence-corrected chi connectivity index (χ1v) is 8.06. The third-order valence-electron chi connectivity index (χ3n) is 4.49. The van der Waals surface area contributed by atoms with Crippen molar-refractivity contribution in [2.45, 2.75) is 13.0 Å². The lowest BCUT2D eigenvalue weighted by atomic mass is 10.1. The van der Waals surface area contributed by atoms with Gasteiger partial charge in [-0.2, -0.15) is 5.10 Å². The zero-order chi connectivity index (χ0) is 16.7. The predicted octanol–water partition coefficient (Wildman–Crippen LogP) is 1.97. The molecule has 7 heteroatoms. The van der Waals surface area contributed by atoms with Crippen molar-refractivity contribution in [3.8, 4) is 11.3 Å². The number of aryl methyl sites for hydroxylation is 1. The summed E-state index contributed by atoms with van der Waals surface area (Å²) in [5.41, 5.74) is 2.43. The molecule has 0 bridgehead atoms. The highest BCUT2D eigenvalue weighted by Gasteiger charge is 2.25. The average Bonchev–Trinajstić information content (AvgIpc) is 2.93. The number of piperazine rings is 1. The maximum Gasteiger partial charge on any atom is 0.163 e. The van der Waals surface area contributed by atoms with Crippen LogP contribution in [0.1, 0.15) is 6.92 Å². The van der Waals surface area contributed by atoms with Crippen LogP contribution >= 0.6 is 0 Å². The van der Waals surface area contributed by atoms with E-state index in [-0.39, 0.29) is 5.82 Å². The number of hydrogen-bond donors (Lipinski definition) is 1. The minimum absolute atomic E-state index is 0.258. The SMILES string of the molecule is C[C@H]1CNCCN1c1ncnc2c1c(-c1ccc(F)cc1)nn2C. The third kappa shape index (κ3) is 2.41. The van der Waals surface area contributed by atoms with E-state index in [1.165, 1.54) is 12.1 Å². The van der Waals surface area contributed by atoms with Gasteiger partial charge in [0.1, 0.15) is 23.7 Å². The molecule has 1 saturated heterocycles. The van der Waals surface area contributed by atoms with E-state index in [1.54, 1.807) is 23.1 Å². The normalized spacial score (nSPS) is 18.3. The van der Waals surface area contributed by atoms with Gasteiger partial charge in [-0.05, 0) is 31.2 Å². The van der Waals surface area contributed by atoms with Gasteiger partial charge in [-0.15, -0.1) is 0 Å². The van der Waals surface area contributed by atoms with Gasteiger partial charge in [-0.25, -0.2) is 19.0 Å². The van der Waals surface area contributed by atoms with Gasteiger partial charge in [0.2, 0.25) is 0 Å². The summed E-state index contributed by atoms with van der Waals surface area (Å²) in [5.74, 6) is 0.632. The maximum atomic E-state index is 13.3. The highest BCUT2D eigenvalue weighted by molar-refractivity contribution is 5.99. The second-order valence-corrected chi connectivity index (χ2v) is 6.12. The lowest BCUT2D eigenvalue weighted by molar-refractivity contribution is 0.498. The lowest BCUT2D eigenvalue weighted by Crippen LogP contribution is -2.50. The molecular weight excluding hydrogens is 307 g/mol. The van der Waals surface area contributed by atoms with Gasteiger partial charge in [0.25, 0.3) is 0 Å². The van der Waals surface area contributed by atoms with E-state index < -0.39 is 0 Å². The number of anilines is 1. The number of hydrogen-bond acceptors (Lipinski definition) is 5. The Morgan fingerprint density at radius 3 is 2.75 bits per heavy atom. The first-order valence-electron chi connectivity index (χ1n) is 8.06. The van der Waals surface area contributed by atoms with E-state index in [0.717, 1.165) is 47.7 Å². The highest BCUT2D eigenvalue weighted by atomic mass is 19.1. The number of fused-ring (bicyclic) bond motifs is 1. The van der Waals surface area contributed by atoms with E-state index in [1.807, 2.05) is 7.05 Å². The van der Waals surface area contributed by atoms with Crippen LogP contribution in [-0.2, 0) is 7.05 Å². The number of nitrogens with one attached hydrogen (secondary N) is 1. The smallest absolute Gasteiger partial charge is 0.163 e. The summed E-state index contributed by atoms with van der Waals surface area (Å²) in [7, 11) is 1.87. The predicted molar refractivity (Wildman–Crippen MR) is 91.4 cm³/mol. The van der Waals surface area contributed by atoms with Crippen molar-refractivity contribution in [2.75, 3.05) is 24.5 Å². The Morgan fingerprint density at radius 1 is 1.21 bits per heavy atom. The largest absolute Gasteiger partial charge is 0.351 e. The van der Waals surface area contributed by atoms with Crippen molar-refractivity contribution in [3.63, 3.8) is 0 Å². The molecule has 1 fully saturated rings. The van der Waals surface area contributed by atoms with Crippen LogP contribution in [0.3, 0.4) is 0 Å². The van der Waals surface area contributed by atoms with E-state index in [2.05, 4.69) is 32.2 Å². The second-order valence-electron chi connectivity index (χ2n) is 6.12. The summed E-state index contributed by atoms with van der Waals surface area (Å²) in [6.07, 6.45) is 1.59. The van der Waals surface area contributed by atoms with E-state index >= 15 is 0 Å². The van der Waals surface area contributed by atoms with Crippen molar-refractivity contribution >= 4 is 16.9 Å². The Kier molecular flexibility index (Phi) is 3.65. The minimum atomic E-state index is -0.258. The first kappa shape index (κ1) is 15.0. The van der Waals surface area contributed by atoms with Gasteiger partial charge < -0.3 is 10.2 Å². The molecule has 24 heavy (non-hydrogen) atoms. The van der Waals surface area contributed by atoms with Crippen molar-refractivity contribution in [1.82, 2.24) is 25.1 Å². The van der Waals surface area contributed by atoms with Gasteiger partial charge in [-0.1, -0.05) is 0 Å². The van der Waals surface area contributed by atoms with Crippen LogP contribution in [0.5, 0.6) is 0 Å². The molecule has 1 N–H and O–H groups in total. The van der Waals surface area contributed by atoms with E-state index in [0.29, 0.717) is 6.04 Å². The zero-order valence-electron chi connectivity index (χ0n) is 13.7. The summed E-state index contributed by atoms with van der Waals surface area (Å²) < 4.78 is 15.0. The molecule has 0 spiro atoms. The van der Waals surface area contributed by atoms with Crippen molar-refractivity contribution in [2.24, 2.45) is 7.05 Å². The second kappa shape index (κ2) is 5.83. The molecule has 2 aromatic heterocycles. The summed E-state index contributed by atoms with van der Waals surface area (Å²) in [6.45, 7) is 4.89. The Bertz CT molecular complexity index is 873. The Labute approximate surface area is 139 Å². The molecule has 0 radical (unpaired) electrons. The molecule has 3 heterocycles. The standard InChI is InChI=1S/C17H19FN6/c1-11-9-19-7-8-24(11)17-14-15(12-3-5-13(18)6-4-12)22-23(2)16(14)20-10-21-17/h3-6,10-11,19H,7-9H2,1-2H3/t11-/m0/s1. The van der Waals surface area contributed by atoms with Gasteiger partial charge in [0, 0.05) is 38.3 Å². The molecule has 6 nitrogen and oxygen atoms in total. The monoisotopic (exact) mass is 326 g/mol. The first-order chi connectivity index (χ1) is 11.6. The fourth-order valence-electron chi connectivity index (χ4n) is 3.26. The molecule has 0 amide bonds. The van der Waals surface area contributed by atoms with Gasteiger partial charge >= 0.3 is 0 Å². The van der Waals surface area contributed by atoms with Crippen molar-refractivity contribution in [3.05, 3.63) is 36.4 Å². The number of rotatable bonds is 2. The average molecular weight is 326 g/mol. The topological polar surface area (TPSA) is 58.9 Å². The van der Waals surface area contributed by atoms with E-state index in [9.17, 15) is 4.39 Å². The fraction of sp³-hybridized carbons (Fsp3) is 0.353. The van der Waals surface area contributed by atoms with Crippen LogP contribution in [-0.4, -0.2) is 45.4 Å². The summed E-state index contributed by atoms with van der Waals surface area (Å²) in [4.78, 5) is 11.2. The minimum Gasteiger partial charge on any atom is -0.351 e. The highest BCUT2D eigenvalue weighted by Crippen LogP contribution is 2.33. The number of nitrogens with zero attached hydrogens (tertiary/aromatic N) is 5. The third-order valence-corrected chi connectivity index (χ3v) is 4.49. The van der Waals surface area contributed by atoms with Crippen LogP contribution in [0.4, 0.5) is 10.2 Å². The van der Waals surface area contributed by atoms with Gasteiger partial charge in [0.15, 0.2) is 5.65 Å². The molecule has 124 valence electrons. The summed E-state index contributed by atoms with van der Waals surface area (Å²) >= 11 is 0. The lowest BCUT2D eigenvalue weighted by Gasteiger charge is -2.35. The van der Waals surface area contributed by atoms with Crippen molar-refractivity contribution < 1.29 is 4.39 Å². The van der Waals surface area contributed by atoms with E-state index in [4.69, 9.17) is 0 Å². The Balaban J connectivity index is 1.93. The van der Waals surface area contributed by atoms with Gasteiger partial charge in [0.05, 0.1) is 5.39 Å². The summed E-state index contributed by atoms with van der Waals surface area (Å²) in [6, 6.07) is 6.72.